The molecule has 1 aliphatic rings. The molecule has 1 amide bonds. The molecule has 100 valence electrons. The van der Waals surface area contributed by atoms with Crippen molar-refractivity contribution < 1.29 is 4.79 Å². The third-order valence-corrected chi connectivity index (χ3v) is 5.17. The van der Waals surface area contributed by atoms with Crippen LogP contribution in [0.3, 0.4) is 0 Å². The first kappa shape index (κ1) is 13.8. The van der Waals surface area contributed by atoms with E-state index < -0.39 is 0 Å². The topological polar surface area (TPSA) is 36.4 Å². The lowest BCUT2D eigenvalue weighted by Gasteiger charge is -2.35. The van der Waals surface area contributed by atoms with Crippen molar-refractivity contribution in [3.8, 4) is 0 Å². The minimum atomic E-state index is -0.0377. The van der Waals surface area contributed by atoms with Gasteiger partial charge in [-0.3, -0.25) is 4.79 Å². The van der Waals surface area contributed by atoms with Gasteiger partial charge in [0.25, 0.3) is 0 Å². The zero-order valence-electron chi connectivity index (χ0n) is 10.8. The number of carbonyl (C=O) groups excluding carboxylic acids is 1. The smallest absolute Gasteiger partial charge is 0.235 e. The van der Waals surface area contributed by atoms with E-state index in [9.17, 15) is 4.79 Å². The zero-order chi connectivity index (χ0) is 13.0. The second-order valence-electron chi connectivity index (χ2n) is 4.32. The van der Waals surface area contributed by atoms with Crippen molar-refractivity contribution in [2.75, 3.05) is 32.7 Å². The number of rotatable bonds is 4. The summed E-state index contributed by atoms with van der Waals surface area (Å²) >= 11 is 3.15. The summed E-state index contributed by atoms with van der Waals surface area (Å²) in [5, 5.41) is 1.91. The fraction of sp³-hybridized carbons (Fsp3) is 0.667. The van der Waals surface area contributed by atoms with E-state index in [4.69, 9.17) is 0 Å². The lowest BCUT2D eigenvalue weighted by molar-refractivity contribution is -0.132. The van der Waals surface area contributed by atoms with Gasteiger partial charge in [0.2, 0.25) is 5.91 Å². The van der Waals surface area contributed by atoms with Gasteiger partial charge in [-0.25, -0.2) is 4.98 Å². The van der Waals surface area contributed by atoms with Crippen molar-refractivity contribution >= 4 is 29.0 Å². The average molecular weight is 285 g/mol. The predicted octanol–water partition coefficient (Wildman–Crippen LogP) is 1.79. The Bertz CT molecular complexity index is 375. The van der Waals surface area contributed by atoms with Gasteiger partial charge >= 0.3 is 0 Å². The lowest BCUT2D eigenvalue weighted by atomic mass is 10.3. The van der Waals surface area contributed by atoms with Crippen molar-refractivity contribution in [3.63, 3.8) is 0 Å². The number of carbonyl (C=O) groups is 1. The summed E-state index contributed by atoms with van der Waals surface area (Å²) in [6.45, 7) is 8.92. The fourth-order valence-corrected chi connectivity index (χ4v) is 3.87. The van der Waals surface area contributed by atoms with Gasteiger partial charge in [-0.2, -0.15) is 0 Å². The maximum atomic E-state index is 12.3. The summed E-state index contributed by atoms with van der Waals surface area (Å²) in [6, 6.07) is 0. The molecule has 1 saturated heterocycles. The molecule has 0 aliphatic carbocycles. The maximum Gasteiger partial charge on any atom is 0.235 e. The molecule has 1 atom stereocenters. The Morgan fingerprint density at radius 1 is 1.50 bits per heavy atom. The molecule has 2 rings (SSSR count). The van der Waals surface area contributed by atoms with Crippen LogP contribution in [0.15, 0.2) is 15.9 Å². The van der Waals surface area contributed by atoms with Crippen LogP contribution in [0.25, 0.3) is 0 Å². The Kier molecular flexibility index (Phi) is 5.03. The minimum Gasteiger partial charge on any atom is -0.339 e. The van der Waals surface area contributed by atoms with Crippen LogP contribution >= 0.6 is 23.1 Å². The quantitative estimate of drug-likeness (QED) is 0.790. The molecule has 1 aliphatic heterocycles. The normalized spacial score (nSPS) is 18.9. The number of hydrogen-bond donors (Lipinski definition) is 0. The summed E-state index contributed by atoms with van der Waals surface area (Å²) in [4.78, 5) is 20.9. The van der Waals surface area contributed by atoms with Gasteiger partial charge in [0.1, 0.15) is 0 Å². The van der Waals surface area contributed by atoms with Crippen LogP contribution in [0.5, 0.6) is 0 Å². The zero-order valence-corrected chi connectivity index (χ0v) is 12.5. The highest BCUT2D eigenvalue weighted by atomic mass is 32.2. The number of thioether (sulfide) groups is 1. The van der Waals surface area contributed by atoms with Gasteiger partial charge in [-0.15, -0.1) is 11.3 Å². The van der Waals surface area contributed by atoms with Crippen molar-refractivity contribution in [1.29, 1.82) is 0 Å². The van der Waals surface area contributed by atoms with E-state index in [0.29, 0.717) is 0 Å². The summed E-state index contributed by atoms with van der Waals surface area (Å²) in [5.74, 6) is 0.242. The van der Waals surface area contributed by atoms with Crippen LogP contribution in [0.4, 0.5) is 0 Å². The molecule has 1 aromatic rings. The lowest BCUT2D eigenvalue weighted by Crippen LogP contribution is -2.50. The highest BCUT2D eigenvalue weighted by molar-refractivity contribution is 8.02. The monoisotopic (exact) mass is 285 g/mol. The van der Waals surface area contributed by atoms with Crippen LogP contribution in [-0.4, -0.2) is 58.7 Å². The Morgan fingerprint density at radius 2 is 2.22 bits per heavy atom. The highest BCUT2D eigenvalue weighted by Crippen LogP contribution is 2.26. The van der Waals surface area contributed by atoms with E-state index in [1.54, 1.807) is 29.3 Å². The van der Waals surface area contributed by atoms with Crippen LogP contribution in [0, 0.1) is 0 Å². The first-order valence-corrected chi connectivity index (χ1v) is 8.04. The highest BCUT2D eigenvalue weighted by Gasteiger charge is 2.25. The molecule has 1 aromatic heterocycles. The molecule has 0 unspecified atom stereocenters. The third-order valence-electron chi connectivity index (χ3n) is 3.17. The van der Waals surface area contributed by atoms with Gasteiger partial charge in [0.15, 0.2) is 4.34 Å². The molecule has 0 aromatic carbocycles. The van der Waals surface area contributed by atoms with Gasteiger partial charge in [0.05, 0.1) is 5.25 Å². The molecular weight excluding hydrogens is 266 g/mol. The summed E-state index contributed by atoms with van der Waals surface area (Å²) in [5.41, 5.74) is 0. The van der Waals surface area contributed by atoms with Gasteiger partial charge < -0.3 is 9.80 Å². The molecule has 18 heavy (non-hydrogen) atoms. The largest absolute Gasteiger partial charge is 0.339 e. The molecule has 0 spiro atoms. The summed E-state index contributed by atoms with van der Waals surface area (Å²) in [7, 11) is 0. The number of aromatic nitrogens is 1. The van der Waals surface area contributed by atoms with Crippen LogP contribution in [-0.2, 0) is 4.79 Å². The van der Waals surface area contributed by atoms with Gasteiger partial charge in [-0.05, 0) is 13.5 Å². The molecule has 0 radical (unpaired) electrons. The van der Waals surface area contributed by atoms with Crippen molar-refractivity contribution in [2.24, 2.45) is 0 Å². The van der Waals surface area contributed by atoms with Crippen molar-refractivity contribution in [1.82, 2.24) is 14.8 Å². The number of nitrogens with zero attached hydrogens (tertiary/aromatic N) is 3. The van der Waals surface area contributed by atoms with Crippen molar-refractivity contribution in [3.05, 3.63) is 11.6 Å². The average Bonchev–Trinajstić information content (AvgIpc) is 2.91. The molecule has 4 nitrogen and oxygen atoms in total. The molecular formula is C12H19N3OS2. The second-order valence-corrected chi connectivity index (χ2v) is 6.80. The first-order valence-electron chi connectivity index (χ1n) is 6.28. The fourth-order valence-electron chi connectivity index (χ4n) is 2.01. The standard InChI is InChI=1S/C12H19N3OS2/c1-3-14-5-7-15(8-6-14)11(16)10(2)18-12-13-4-9-17-12/h4,9-10H,3,5-8H2,1-2H3/t10-/m1/s1. The van der Waals surface area contributed by atoms with E-state index in [0.717, 1.165) is 37.1 Å². The number of amides is 1. The minimum absolute atomic E-state index is 0.0377. The third kappa shape index (κ3) is 3.46. The molecule has 1 fully saturated rings. The second kappa shape index (κ2) is 6.54. The summed E-state index contributed by atoms with van der Waals surface area (Å²) < 4.78 is 0.975. The van der Waals surface area contributed by atoms with Crippen molar-refractivity contribution in [2.45, 2.75) is 23.4 Å². The molecule has 2 heterocycles. The van der Waals surface area contributed by atoms with Crippen LogP contribution in [0.1, 0.15) is 13.8 Å². The van der Waals surface area contributed by atoms with E-state index in [1.807, 2.05) is 17.2 Å². The van der Waals surface area contributed by atoms with E-state index in [2.05, 4.69) is 16.8 Å². The molecule has 0 N–H and O–H groups in total. The summed E-state index contributed by atoms with van der Waals surface area (Å²) in [6.07, 6.45) is 1.78. The maximum absolute atomic E-state index is 12.3. The molecule has 6 heteroatoms. The van der Waals surface area contributed by atoms with E-state index in [1.165, 1.54) is 0 Å². The number of hydrogen-bond acceptors (Lipinski definition) is 5. The Labute approximate surface area is 116 Å². The van der Waals surface area contributed by atoms with Crippen LogP contribution < -0.4 is 0 Å². The predicted molar refractivity (Wildman–Crippen MR) is 76.1 cm³/mol. The first-order chi connectivity index (χ1) is 8.70. The van der Waals surface area contributed by atoms with E-state index in [-0.39, 0.29) is 11.2 Å². The molecule has 0 saturated carbocycles. The number of piperazine rings is 1. The SMILES string of the molecule is CCN1CCN(C(=O)[C@@H](C)Sc2nccs2)CC1. The van der Waals surface area contributed by atoms with Gasteiger partial charge in [-0.1, -0.05) is 18.7 Å². The number of likely N-dealkylation sites (N-methyl/N-ethyl adjacent to an activating group) is 1. The molecule has 0 bridgehead atoms. The van der Waals surface area contributed by atoms with Crippen LogP contribution in [0.2, 0.25) is 0 Å². The van der Waals surface area contributed by atoms with Gasteiger partial charge in [0, 0.05) is 37.8 Å². The van der Waals surface area contributed by atoms with E-state index >= 15 is 0 Å². The number of thiazole rings is 1. The Hall–Kier alpha value is -0.590. The Morgan fingerprint density at radius 3 is 2.78 bits per heavy atom. The Balaban J connectivity index is 1.84.